The number of carbonyl (C=O) groups excluding carboxylic acids is 3. The van der Waals surface area contributed by atoms with E-state index in [1.54, 1.807) is 31.9 Å². The summed E-state index contributed by atoms with van der Waals surface area (Å²) in [5, 5.41) is 8.95. The molecule has 2 aromatic rings. The number of nitrogens with zero attached hydrogens (tertiary/aromatic N) is 4. The molecule has 196 valence electrons. The Morgan fingerprint density at radius 2 is 2.00 bits per heavy atom. The number of fused-ring (bicyclic) bond motifs is 1. The van der Waals surface area contributed by atoms with Gasteiger partial charge in [0.15, 0.2) is 0 Å². The van der Waals surface area contributed by atoms with E-state index < -0.39 is 22.9 Å². The lowest BCUT2D eigenvalue weighted by Crippen LogP contribution is -2.62. The van der Waals surface area contributed by atoms with Crippen molar-refractivity contribution >= 4 is 35.0 Å². The van der Waals surface area contributed by atoms with Crippen LogP contribution in [0.15, 0.2) is 53.9 Å². The lowest BCUT2D eigenvalue weighted by atomic mass is 9.73. The zero-order valence-electron chi connectivity index (χ0n) is 21.1. The molecule has 1 aromatic heterocycles. The molecule has 3 N–H and O–H groups in total. The number of nitrogens with two attached hydrogens (primary N) is 1. The van der Waals surface area contributed by atoms with Crippen molar-refractivity contribution in [1.29, 1.82) is 0 Å². The molecule has 2 aliphatic heterocycles. The third-order valence-electron chi connectivity index (χ3n) is 6.55. The average Bonchev–Trinajstić information content (AvgIpc) is 3.10. The molecule has 2 aliphatic rings. The number of likely N-dealkylation sites (tertiary alicyclic amines) is 1. The second-order valence-electron chi connectivity index (χ2n) is 10.0. The summed E-state index contributed by atoms with van der Waals surface area (Å²) in [5.41, 5.74) is 5.53. The van der Waals surface area contributed by atoms with Gasteiger partial charge in [-0.05, 0) is 25.8 Å². The number of benzene rings is 1. The molecule has 3 heterocycles. The number of amides is 3. The number of hydrazone groups is 1. The summed E-state index contributed by atoms with van der Waals surface area (Å²) in [6, 6.07) is 10.2. The Bertz CT molecular complexity index is 1220. The van der Waals surface area contributed by atoms with E-state index in [2.05, 4.69) is 15.4 Å². The Hall–Kier alpha value is -3.50. The lowest BCUT2D eigenvalue weighted by Gasteiger charge is -2.40. The van der Waals surface area contributed by atoms with Crippen molar-refractivity contribution in [3.05, 3.63) is 59.4 Å². The zero-order valence-corrected chi connectivity index (χ0v) is 21.9. The summed E-state index contributed by atoms with van der Waals surface area (Å²) >= 11 is 6.00. The van der Waals surface area contributed by atoms with Crippen LogP contribution in [0.4, 0.5) is 0 Å². The molecule has 0 bridgehead atoms. The van der Waals surface area contributed by atoms with Gasteiger partial charge < -0.3 is 20.7 Å². The molecule has 0 saturated carbocycles. The van der Waals surface area contributed by atoms with Crippen LogP contribution in [0.2, 0.25) is 5.02 Å². The number of hydrogen-bond donors (Lipinski definition) is 2. The van der Waals surface area contributed by atoms with E-state index in [1.165, 1.54) is 17.4 Å². The summed E-state index contributed by atoms with van der Waals surface area (Å²) < 4.78 is 5.77. The Kier molecular flexibility index (Phi) is 7.52. The van der Waals surface area contributed by atoms with Crippen molar-refractivity contribution < 1.29 is 19.1 Å². The van der Waals surface area contributed by atoms with Gasteiger partial charge in [-0.1, -0.05) is 41.9 Å². The highest BCUT2D eigenvalue weighted by atomic mass is 35.5. The summed E-state index contributed by atoms with van der Waals surface area (Å²) in [5.74, 6) is -0.684. The van der Waals surface area contributed by atoms with Crippen LogP contribution >= 0.6 is 11.6 Å². The SMILES string of the molecule is CN1N=C2CCN(C(=O)C(COc3cncc(Cl)c3)NC(=O)C(C)(C)N)CC2(Cc2ccccc2)C1=O. The molecule has 1 fully saturated rings. The van der Waals surface area contributed by atoms with Crippen LogP contribution in [0.3, 0.4) is 0 Å². The molecular formula is C26H31ClN6O4. The molecule has 2 unspecified atom stereocenters. The monoisotopic (exact) mass is 526 g/mol. The molecule has 11 heteroatoms. The van der Waals surface area contributed by atoms with E-state index in [9.17, 15) is 14.4 Å². The first-order chi connectivity index (χ1) is 17.5. The molecule has 37 heavy (non-hydrogen) atoms. The van der Waals surface area contributed by atoms with Crippen LogP contribution in [0, 0.1) is 5.41 Å². The number of rotatable bonds is 8. The molecular weight excluding hydrogens is 496 g/mol. The smallest absolute Gasteiger partial charge is 0.256 e. The number of halogens is 1. The van der Waals surface area contributed by atoms with Crippen LogP contribution in [-0.2, 0) is 20.8 Å². The number of nitrogens with one attached hydrogen (secondary N) is 1. The topological polar surface area (TPSA) is 130 Å². The fourth-order valence-corrected chi connectivity index (χ4v) is 4.77. The van der Waals surface area contributed by atoms with Crippen LogP contribution in [0.5, 0.6) is 5.75 Å². The van der Waals surface area contributed by atoms with E-state index in [0.29, 0.717) is 30.2 Å². The van der Waals surface area contributed by atoms with Gasteiger partial charge in [0, 0.05) is 38.8 Å². The maximum Gasteiger partial charge on any atom is 0.256 e. The van der Waals surface area contributed by atoms with Crippen molar-refractivity contribution in [2.24, 2.45) is 16.3 Å². The first kappa shape index (κ1) is 26.6. The summed E-state index contributed by atoms with van der Waals surface area (Å²) in [6.07, 6.45) is 3.78. The minimum absolute atomic E-state index is 0.139. The molecule has 1 aromatic carbocycles. The van der Waals surface area contributed by atoms with Gasteiger partial charge >= 0.3 is 0 Å². The number of carbonyl (C=O) groups is 3. The van der Waals surface area contributed by atoms with Crippen LogP contribution in [0.1, 0.15) is 25.8 Å². The van der Waals surface area contributed by atoms with Gasteiger partial charge in [0.05, 0.1) is 22.5 Å². The van der Waals surface area contributed by atoms with E-state index >= 15 is 0 Å². The highest BCUT2D eigenvalue weighted by Gasteiger charge is 2.54. The number of hydrogen-bond acceptors (Lipinski definition) is 7. The van der Waals surface area contributed by atoms with Crippen molar-refractivity contribution in [2.75, 3.05) is 26.7 Å². The van der Waals surface area contributed by atoms with E-state index in [-0.39, 0.29) is 25.0 Å². The first-order valence-corrected chi connectivity index (χ1v) is 12.4. The summed E-state index contributed by atoms with van der Waals surface area (Å²) in [4.78, 5) is 45.5. The molecule has 10 nitrogen and oxygen atoms in total. The molecule has 2 atom stereocenters. The third kappa shape index (κ3) is 5.75. The predicted molar refractivity (Wildman–Crippen MR) is 139 cm³/mol. The van der Waals surface area contributed by atoms with Crippen LogP contribution in [0.25, 0.3) is 0 Å². The number of pyridine rings is 1. The fraction of sp³-hybridized carbons (Fsp3) is 0.423. The van der Waals surface area contributed by atoms with Gasteiger partial charge in [0.25, 0.3) is 5.91 Å². The van der Waals surface area contributed by atoms with Crippen molar-refractivity contribution in [3.63, 3.8) is 0 Å². The number of aromatic nitrogens is 1. The molecule has 1 saturated heterocycles. The first-order valence-electron chi connectivity index (χ1n) is 12.0. The van der Waals surface area contributed by atoms with Gasteiger partial charge in [0.2, 0.25) is 11.8 Å². The van der Waals surface area contributed by atoms with Gasteiger partial charge in [-0.3, -0.25) is 19.4 Å². The number of ether oxygens (including phenoxy) is 1. The Balaban J connectivity index is 1.58. The predicted octanol–water partition coefficient (Wildman–Crippen LogP) is 1.63. The van der Waals surface area contributed by atoms with E-state index in [1.807, 2.05) is 30.3 Å². The highest BCUT2D eigenvalue weighted by Crippen LogP contribution is 2.38. The Morgan fingerprint density at radius 1 is 1.27 bits per heavy atom. The number of piperidine rings is 1. The lowest BCUT2D eigenvalue weighted by molar-refractivity contribution is -0.143. The minimum Gasteiger partial charge on any atom is -0.489 e. The highest BCUT2D eigenvalue weighted by molar-refractivity contribution is 6.30. The van der Waals surface area contributed by atoms with E-state index in [4.69, 9.17) is 22.1 Å². The summed E-state index contributed by atoms with van der Waals surface area (Å²) in [6.45, 7) is 3.43. The Morgan fingerprint density at radius 3 is 2.68 bits per heavy atom. The van der Waals surface area contributed by atoms with Crippen molar-refractivity contribution in [1.82, 2.24) is 20.2 Å². The maximum absolute atomic E-state index is 13.8. The molecule has 3 amide bonds. The molecule has 0 radical (unpaired) electrons. The summed E-state index contributed by atoms with van der Waals surface area (Å²) in [7, 11) is 1.63. The quantitative estimate of drug-likeness (QED) is 0.537. The van der Waals surface area contributed by atoms with Gasteiger partial charge in [-0.15, -0.1) is 0 Å². The van der Waals surface area contributed by atoms with Crippen LogP contribution in [-0.4, -0.2) is 76.7 Å². The van der Waals surface area contributed by atoms with Gasteiger partial charge in [-0.2, -0.15) is 5.10 Å². The van der Waals surface area contributed by atoms with Crippen molar-refractivity contribution in [3.8, 4) is 5.75 Å². The molecule has 0 spiro atoms. The maximum atomic E-state index is 13.8. The zero-order chi connectivity index (χ0) is 26.8. The van der Waals surface area contributed by atoms with Gasteiger partial charge in [-0.25, -0.2) is 5.01 Å². The fourth-order valence-electron chi connectivity index (χ4n) is 4.61. The Labute approximate surface area is 220 Å². The second kappa shape index (κ2) is 10.5. The normalized spacial score (nSPS) is 20.2. The van der Waals surface area contributed by atoms with Crippen molar-refractivity contribution in [2.45, 2.75) is 38.3 Å². The largest absolute Gasteiger partial charge is 0.489 e. The standard InChI is InChI=1S/C26H31ClN6O4/c1-25(2,28)23(35)30-20(15-37-19-11-18(27)13-29-14-19)22(34)33-10-9-21-26(16-33,24(36)32(3)31-21)12-17-7-5-4-6-8-17/h4-8,11,13-14,20H,9-10,12,15-16,28H2,1-3H3,(H,30,35). The van der Waals surface area contributed by atoms with Gasteiger partial charge in [0.1, 0.15) is 23.8 Å². The van der Waals surface area contributed by atoms with Crippen LogP contribution < -0.4 is 15.8 Å². The molecule has 0 aliphatic carbocycles. The minimum atomic E-state index is -1.21. The molecule has 4 rings (SSSR count). The van der Waals surface area contributed by atoms with E-state index in [0.717, 1.165) is 11.3 Å². The second-order valence-corrected chi connectivity index (χ2v) is 10.5. The third-order valence-corrected chi connectivity index (χ3v) is 6.76. The average molecular weight is 527 g/mol.